The minimum Gasteiger partial charge on any atom is -0.496 e. The maximum absolute atomic E-state index is 11.0. The second-order valence-corrected chi connectivity index (χ2v) is 5.48. The monoisotopic (exact) mass is 275 g/mol. The van der Waals surface area contributed by atoms with Crippen molar-refractivity contribution in [2.45, 2.75) is 19.3 Å². The largest absolute Gasteiger partial charge is 0.496 e. The lowest BCUT2D eigenvalue weighted by molar-refractivity contribution is -0.385. The fourth-order valence-electron chi connectivity index (χ4n) is 2.60. The highest BCUT2D eigenvalue weighted by atomic mass is 32.1. The van der Waals surface area contributed by atoms with Crippen LogP contribution in [0.4, 0.5) is 5.69 Å². The molecule has 0 N–H and O–H groups in total. The molecule has 1 aliphatic rings. The molecule has 0 aliphatic heterocycles. The number of thiophene rings is 1. The molecule has 5 heteroatoms. The van der Waals surface area contributed by atoms with E-state index in [0.717, 1.165) is 30.4 Å². The first-order valence-electron chi connectivity index (χ1n) is 6.12. The molecule has 0 atom stereocenters. The predicted octanol–water partition coefficient (Wildman–Crippen LogP) is 3.82. The minimum absolute atomic E-state index is 0.107. The number of nitro benzene ring substituents is 1. The maximum atomic E-state index is 11.0. The fourth-order valence-corrected chi connectivity index (χ4v) is 3.64. The predicted molar refractivity (Wildman–Crippen MR) is 75.0 cm³/mol. The van der Waals surface area contributed by atoms with Crippen molar-refractivity contribution in [3.63, 3.8) is 0 Å². The van der Waals surface area contributed by atoms with Gasteiger partial charge in [-0.25, -0.2) is 0 Å². The van der Waals surface area contributed by atoms with Crippen LogP contribution in [0.1, 0.15) is 17.5 Å². The Morgan fingerprint density at radius 3 is 2.84 bits per heavy atom. The quantitative estimate of drug-likeness (QED) is 0.618. The van der Waals surface area contributed by atoms with Crippen molar-refractivity contribution in [3.8, 4) is 16.2 Å². The molecule has 1 aromatic heterocycles. The topological polar surface area (TPSA) is 52.4 Å². The van der Waals surface area contributed by atoms with Crippen LogP contribution in [-0.2, 0) is 12.8 Å². The first-order chi connectivity index (χ1) is 9.20. The Balaban J connectivity index is 2.28. The molecule has 0 unspecified atom stereocenters. The second-order valence-electron chi connectivity index (χ2n) is 4.57. The summed E-state index contributed by atoms with van der Waals surface area (Å²) in [7, 11) is 1.57. The Hall–Kier alpha value is -1.88. The molecule has 0 fully saturated rings. The van der Waals surface area contributed by atoms with E-state index in [9.17, 15) is 10.1 Å². The zero-order chi connectivity index (χ0) is 13.4. The van der Waals surface area contributed by atoms with Gasteiger partial charge in [0.2, 0.25) is 0 Å². The molecule has 3 rings (SSSR count). The Labute approximate surface area is 114 Å². The minimum atomic E-state index is -0.358. The number of hydrogen-bond acceptors (Lipinski definition) is 4. The number of aryl methyl sites for hydroxylation is 2. The SMILES string of the molecule is COc1cc([N+](=O)[O-])cc2c1-c1sccc1CCC2. The molecule has 1 aromatic carbocycles. The van der Waals surface area contributed by atoms with Gasteiger partial charge >= 0.3 is 0 Å². The number of methoxy groups -OCH3 is 1. The standard InChI is InChI=1S/C14H13NO3S/c1-18-12-8-11(15(16)17)7-10-4-2-3-9-5-6-19-14(9)13(10)12/h5-8H,2-4H2,1H3. The molecule has 0 amide bonds. The Morgan fingerprint density at radius 2 is 2.11 bits per heavy atom. The van der Waals surface area contributed by atoms with Gasteiger partial charge < -0.3 is 4.74 Å². The third-order valence-corrected chi connectivity index (χ3v) is 4.44. The summed E-state index contributed by atoms with van der Waals surface area (Å²) in [4.78, 5) is 11.8. The van der Waals surface area contributed by atoms with Gasteiger partial charge in [-0.3, -0.25) is 10.1 Å². The van der Waals surface area contributed by atoms with E-state index >= 15 is 0 Å². The average molecular weight is 275 g/mol. The van der Waals surface area contributed by atoms with Crippen molar-refractivity contribution in [1.29, 1.82) is 0 Å². The summed E-state index contributed by atoms with van der Waals surface area (Å²) >= 11 is 1.68. The van der Waals surface area contributed by atoms with Crippen molar-refractivity contribution < 1.29 is 9.66 Å². The van der Waals surface area contributed by atoms with Gasteiger partial charge in [0.05, 0.1) is 18.1 Å². The van der Waals surface area contributed by atoms with E-state index in [2.05, 4.69) is 11.4 Å². The van der Waals surface area contributed by atoms with E-state index in [1.165, 1.54) is 16.5 Å². The Morgan fingerprint density at radius 1 is 1.32 bits per heavy atom. The Bertz CT molecular complexity index is 648. The van der Waals surface area contributed by atoms with Crippen LogP contribution in [-0.4, -0.2) is 12.0 Å². The van der Waals surface area contributed by atoms with Crippen LogP contribution in [0.25, 0.3) is 10.4 Å². The molecule has 98 valence electrons. The molecule has 19 heavy (non-hydrogen) atoms. The van der Waals surface area contributed by atoms with Gasteiger partial charge in [-0.2, -0.15) is 0 Å². The van der Waals surface area contributed by atoms with Crippen LogP contribution in [0, 0.1) is 10.1 Å². The normalized spacial score (nSPS) is 13.3. The molecule has 2 aromatic rings. The van der Waals surface area contributed by atoms with E-state index in [0.29, 0.717) is 5.75 Å². The van der Waals surface area contributed by atoms with E-state index in [1.54, 1.807) is 24.5 Å². The summed E-state index contributed by atoms with van der Waals surface area (Å²) in [6.45, 7) is 0. The van der Waals surface area contributed by atoms with Crippen molar-refractivity contribution >= 4 is 17.0 Å². The fraction of sp³-hybridized carbons (Fsp3) is 0.286. The van der Waals surface area contributed by atoms with Crippen LogP contribution in [0.5, 0.6) is 5.75 Å². The highest BCUT2D eigenvalue weighted by molar-refractivity contribution is 7.13. The lowest BCUT2D eigenvalue weighted by Gasteiger charge is -2.11. The van der Waals surface area contributed by atoms with Crippen molar-refractivity contribution in [1.82, 2.24) is 0 Å². The van der Waals surface area contributed by atoms with E-state index < -0.39 is 0 Å². The zero-order valence-electron chi connectivity index (χ0n) is 10.5. The molecule has 1 aliphatic carbocycles. The zero-order valence-corrected chi connectivity index (χ0v) is 11.3. The van der Waals surface area contributed by atoms with Gasteiger partial charge in [0.25, 0.3) is 5.69 Å². The van der Waals surface area contributed by atoms with Crippen molar-refractivity contribution in [2.75, 3.05) is 7.11 Å². The van der Waals surface area contributed by atoms with Gasteiger partial charge in [0.1, 0.15) is 5.75 Å². The summed E-state index contributed by atoms with van der Waals surface area (Å²) < 4.78 is 5.39. The molecule has 1 heterocycles. The smallest absolute Gasteiger partial charge is 0.273 e. The van der Waals surface area contributed by atoms with E-state index in [-0.39, 0.29) is 10.6 Å². The molecular weight excluding hydrogens is 262 g/mol. The van der Waals surface area contributed by atoms with Gasteiger partial charge in [-0.15, -0.1) is 11.3 Å². The average Bonchev–Trinajstić information content (AvgIpc) is 2.79. The van der Waals surface area contributed by atoms with Gasteiger partial charge in [-0.1, -0.05) is 0 Å². The van der Waals surface area contributed by atoms with Crippen LogP contribution in [0.15, 0.2) is 23.6 Å². The molecule has 0 saturated heterocycles. The lowest BCUT2D eigenvalue weighted by atomic mass is 10.0. The molecule has 4 nitrogen and oxygen atoms in total. The number of non-ortho nitro benzene ring substituents is 1. The third kappa shape index (κ3) is 2.00. The number of hydrogen-bond donors (Lipinski definition) is 0. The van der Waals surface area contributed by atoms with Gasteiger partial charge in [-0.05, 0) is 41.8 Å². The van der Waals surface area contributed by atoms with Crippen LogP contribution in [0.3, 0.4) is 0 Å². The summed E-state index contributed by atoms with van der Waals surface area (Å²) in [5, 5.41) is 13.1. The third-order valence-electron chi connectivity index (χ3n) is 3.47. The summed E-state index contributed by atoms with van der Waals surface area (Å²) in [5.41, 5.74) is 3.48. The number of rotatable bonds is 2. The molecule has 0 bridgehead atoms. The molecule has 0 spiro atoms. The van der Waals surface area contributed by atoms with E-state index in [1.807, 2.05) is 0 Å². The second kappa shape index (κ2) is 4.66. The van der Waals surface area contributed by atoms with Crippen LogP contribution in [0.2, 0.25) is 0 Å². The molecule has 0 radical (unpaired) electrons. The van der Waals surface area contributed by atoms with Crippen molar-refractivity contribution in [2.24, 2.45) is 0 Å². The molecule has 0 saturated carbocycles. The summed E-state index contributed by atoms with van der Waals surface area (Å²) in [5.74, 6) is 0.606. The summed E-state index contributed by atoms with van der Waals surface area (Å²) in [6, 6.07) is 5.34. The maximum Gasteiger partial charge on any atom is 0.273 e. The number of nitro groups is 1. The number of benzene rings is 1. The van der Waals surface area contributed by atoms with Crippen LogP contribution >= 0.6 is 11.3 Å². The highest BCUT2D eigenvalue weighted by Crippen LogP contribution is 2.43. The lowest BCUT2D eigenvalue weighted by Crippen LogP contribution is -1.96. The van der Waals surface area contributed by atoms with Crippen molar-refractivity contribution in [3.05, 3.63) is 44.8 Å². The summed E-state index contributed by atoms with van der Waals surface area (Å²) in [6.07, 6.45) is 2.89. The first-order valence-corrected chi connectivity index (χ1v) is 7.00. The number of fused-ring (bicyclic) bond motifs is 3. The van der Waals surface area contributed by atoms with Gasteiger partial charge in [0.15, 0.2) is 0 Å². The first kappa shape index (κ1) is 12.2. The van der Waals surface area contributed by atoms with E-state index in [4.69, 9.17) is 4.74 Å². The molecular formula is C14H13NO3S. The highest BCUT2D eigenvalue weighted by Gasteiger charge is 2.23. The number of ether oxygens (including phenoxy) is 1. The number of nitrogens with zero attached hydrogens (tertiary/aromatic N) is 1. The van der Waals surface area contributed by atoms with Crippen LogP contribution < -0.4 is 4.74 Å². The Kier molecular flexibility index (Phi) is 2.98. The van der Waals surface area contributed by atoms with Gasteiger partial charge in [0, 0.05) is 16.5 Å².